The van der Waals surface area contributed by atoms with E-state index in [9.17, 15) is 14.9 Å². The molecule has 0 unspecified atom stereocenters. The summed E-state index contributed by atoms with van der Waals surface area (Å²) in [6.45, 7) is 3.47. The number of carbonyl (C=O) groups is 1. The zero-order valence-corrected chi connectivity index (χ0v) is 13.1. The molecular weight excluding hydrogens is 306 g/mol. The van der Waals surface area contributed by atoms with Gasteiger partial charge < -0.3 is 9.84 Å². The number of hydrogen-bond donors (Lipinski definition) is 1. The minimum atomic E-state index is -0.663. The number of nitrogens with one attached hydrogen (secondary N) is 1. The van der Waals surface area contributed by atoms with Gasteiger partial charge in [-0.25, -0.2) is 0 Å². The van der Waals surface area contributed by atoms with Gasteiger partial charge in [-0.05, 0) is 18.4 Å². The summed E-state index contributed by atoms with van der Waals surface area (Å²) >= 11 is 1.46. The van der Waals surface area contributed by atoms with Gasteiger partial charge in [0, 0.05) is 10.8 Å². The smallest absolute Gasteiger partial charge is 0.344 e. The zero-order chi connectivity index (χ0) is 16.3. The van der Waals surface area contributed by atoms with Gasteiger partial charge in [0.2, 0.25) is 11.5 Å². The van der Waals surface area contributed by atoms with E-state index in [1.165, 1.54) is 11.8 Å². The second-order valence-electron chi connectivity index (χ2n) is 4.81. The number of thioether (sulfide) groups is 1. The van der Waals surface area contributed by atoms with Crippen LogP contribution in [0.15, 0.2) is 33.7 Å². The lowest BCUT2D eigenvalue weighted by Gasteiger charge is -2.07. The van der Waals surface area contributed by atoms with Crippen LogP contribution in [-0.2, 0) is 0 Å². The van der Waals surface area contributed by atoms with Crippen molar-refractivity contribution in [2.45, 2.75) is 24.7 Å². The van der Waals surface area contributed by atoms with Gasteiger partial charge in [-0.15, -0.1) is 11.8 Å². The summed E-state index contributed by atoms with van der Waals surface area (Å²) < 4.78 is 4.98. The molecule has 22 heavy (non-hydrogen) atoms. The Bertz CT molecular complexity index is 712. The van der Waals surface area contributed by atoms with E-state index < -0.39 is 10.8 Å². The average Bonchev–Trinajstić information content (AvgIpc) is 2.93. The van der Waals surface area contributed by atoms with E-state index in [0.29, 0.717) is 5.69 Å². The molecule has 8 heteroatoms. The minimum Gasteiger partial charge on any atom is -0.353 e. The molecule has 0 fully saturated rings. The van der Waals surface area contributed by atoms with Gasteiger partial charge in [-0.2, -0.15) is 0 Å². The number of amides is 1. The summed E-state index contributed by atoms with van der Waals surface area (Å²) in [6, 6.07) is 7.18. The van der Waals surface area contributed by atoms with Crippen LogP contribution in [0.1, 0.15) is 36.0 Å². The summed E-state index contributed by atoms with van der Waals surface area (Å²) in [4.78, 5) is 23.7. The molecule has 0 saturated heterocycles. The van der Waals surface area contributed by atoms with Crippen LogP contribution < -0.4 is 5.32 Å². The predicted molar refractivity (Wildman–Crippen MR) is 83.4 cm³/mol. The summed E-state index contributed by atoms with van der Waals surface area (Å²) in [5, 5.41) is 17.4. The number of nitro groups is 1. The third kappa shape index (κ3) is 3.11. The molecule has 0 aliphatic carbocycles. The van der Waals surface area contributed by atoms with Crippen LogP contribution in [-0.4, -0.2) is 22.2 Å². The maximum Gasteiger partial charge on any atom is 0.344 e. The number of para-hydroxylation sites is 1. The first-order valence-electron chi connectivity index (χ1n) is 6.54. The van der Waals surface area contributed by atoms with Gasteiger partial charge in [0.05, 0.1) is 10.6 Å². The van der Waals surface area contributed by atoms with E-state index in [1.807, 2.05) is 18.4 Å². The number of rotatable bonds is 5. The Morgan fingerprint density at radius 1 is 1.41 bits per heavy atom. The van der Waals surface area contributed by atoms with Crippen molar-refractivity contribution in [3.05, 3.63) is 45.8 Å². The Morgan fingerprint density at radius 2 is 2.09 bits per heavy atom. The van der Waals surface area contributed by atoms with E-state index in [4.69, 9.17) is 4.52 Å². The Balaban J connectivity index is 2.36. The second kappa shape index (κ2) is 6.61. The monoisotopic (exact) mass is 321 g/mol. The molecule has 0 spiro atoms. The lowest BCUT2D eigenvalue weighted by atomic mass is 10.1. The van der Waals surface area contributed by atoms with Gasteiger partial charge in [0.15, 0.2) is 0 Å². The second-order valence-corrected chi connectivity index (χ2v) is 5.66. The van der Waals surface area contributed by atoms with Crippen LogP contribution in [0.4, 0.5) is 11.4 Å². The Labute approximate surface area is 131 Å². The quantitative estimate of drug-likeness (QED) is 0.512. The molecular formula is C14H15N3O4S. The Morgan fingerprint density at radius 3 is 2.68 bits per heavy atom. The molecule has 0 atom stereocenters. The SMILES string of the molecule is CSc1ccccc1NC(=O)c1noc(C(C)C)c1[N+](=O)[O-]. The molecule has 7 nitrogen and oxygen atoms in total. The van der Waals surface area contributed by atoms with Crippen molar-refractivity contribution >= 4 is 29.0 Å². The fourth-order valence-corrected chi connectivity index (χ4v) is 2.49. The normalized spacial score (nSPS) is 10.7. The van der Waals surface area contributed by atoms with Gasteiger partial charge in [0.25, 0.3) is 5.91 Å². The molecule has 0 radical (unpaired) electrons. The zero-order valence-electron chi connectivity index (χ0n) is 12.3. The first kappa shape index (κ1) is 16.0. The average molecular weight is 321 g/mol. The van der Waals surface area contributed by atoms with E-state index >= 15 is 0 Å². The number of hydrogen-bond acceptors (Lipinski definition) is 6. The highest BCUT2D eigenvalue weighted by Crippen LogP contribution is 2.31. The minimum absolute atomic E-state index is 0.0910. The fourth-order valence-electron chi connectivity index (χ4n) is 1.93. The van der Waals surface area contributed by atoms with Crippen LogP contribution in [0.25, 0.3) is 0 Å². The topological polar surface area (TPSA) is 98.3 Å². The summed E-state index contributed by atoms with van der Waals surface area (Å²) in [5.41, 5.74) is -0.123. The lowest BCUT2D eigenvalue weighted by molar-refractivity contribution is -0.386. The number of anilines is 1. The van der Waals surface area contributed by atoms with Crippen LogP contribution in [0, 0.1) is 10.1 Å². The lowest BCUT2D eigenvalue weighted by Crippen LogP contribution is -2.14. The number of nitrogens with zero attached hydrogens (tertiary/aromatic N) is 2. The number of benzene rings is 1. The molecule has 116 valence electrons. The number of aromatic nitrogens is 1. The maximum atomic E-state index is 12.3. The van der Waals surface area contributed by atoms with Crippen LogP contribution in [0.5, 0.6) is 0 Å². The van der Waals surface area contributed by atoms with E-state index in [2.05, 4.69) is 10.5 Å². The van der Waals surface area contributed by atoms with Gasteiger partial charge in [-0.3, -0.25) is 14.9 Å². The van der Waals surface area contributed by atoms with Gasteiger partial charge in [0.1, 0.15) is 0 Å². The molecule has 1 aromatic heterocycles. The van der Waals surface area contributed by atoms with Gasteiger partial charge in [-0.1, -0.05) is 31.1 Å². The molecule has 1 amide bonds. The third-order valence-electron chi connectivity index (χ3n) is 2.97. The molecule has 0 bridgehead atoms. The maximum absolute atomic E-state index is 12.3. The highest BCUT2D eigenvalue weighted by molar-refractivity contribution is 7.98. The fraction of sp³-hybridized carbons (Fsp3) is 0.286. The molecule has 0 aliphatic rings. The van der Waals surface area contributed by atoms with Crippen molar-refractivity contribution in [3.8, 4) is 0 Å². The first-order chi connectivity index (χ1) is 10.5. The third-order valence-corrected chi connectivity index (χ3v) is 3.77. The highest BCUT2D eigenvalue weighted by atomic mass is 32.2. The summed E-state index contributed by atoms with van der Waals surface area (Å²) in [6.07, 6.45) is 1.88. The Hall–Kier alpha value is -2.35. The van der Waals surface area contributed by atoms with E-state index in [1.54, 1.807) is 26.0 Å². The van der Waals surface area contributed by atoms with Gasteiger partial charge >= 0.3 is 5.69 Å². The van der Waals surface area contributed by atoms with E-state index in [0.717, 1.165) is 4.90 Å². The van der Waals surface area contributed by atoms with Crippen molar-refractivity contribution in [1.29, 1.82) is 0 Å². The molecule has 1 aromatic carbocycles. The first-order valence-corrected chi connectivity index (χ1v) is 7.76. The molecule has 1 heterocycles. The predicted octanol–water partition coefficient (Wildman–Crippen LogP) is 3.68. The van der Waals surface area contributed by atoms with Crippen molar-refractivity contribution < 1.29 is 14.2 Å². The standard InChI is InChI=1S/C14H15N3O4S/c1-8(2)13-12(17(19)20)11(16-21-13)14(18)15-9-6-4-5-7-10(9)22-3/h4-8H,1-3H3,(H,15,18). The number of carbonyl (C=O) groups excluding carboxylic acids is 1. The van der Waals surface area contributed by atoms with Crippen molar-refractivity contribution in [3.63, 3.8) is 0 Å². The summed E-state index contributed by atoms with van der Waals surface area (Å²) in [7, 11) is 0. The van der Waals surface area contributed by atoms with Crippen LogP contribution >= 0.6 is 11.8 Å². The van der Waals surface area contributed by atoms with Crippen LogP contribution in [0.3, 0.4) is 0 Å². The highest BCUT2D eigenvalue weighted by Gasteiger charge is 2.33. The van der Waals surface area contributed by atoms with Crippen molar-refractivity contribution in [2.24, 2.45) is 0 Å². The van der Waals surface area contributed by atoms with Crippen LogP contribution in [0.2, 0.25) is 0 Å². The molecule has 2 aromatic rings. The molecule has 0 aliphatic heterocycles. The van der Waals surface area contributed by atoms with Crippen molar-refractivity contribution in [1.82, 2.24) is 5.16 Å². The van der Waals surface area contributed by atoms with E-state index in [-0.39, 0.29) is 23.1 Å². The van der Waals surface area contributed by atoms with Crippen molar-refractivity contribution in [2.75, 3.05) is 11.6 Å². The molecule has 2 rings (SSSR count). The summed E-state index contributed by atoms with van der Waals surface area (Å²) in [5.74, 6) is -0.815. The molecule has 1 N–H and O–H groups in total. The largest absolute Gasteiger partial charge is 0.353 e. The Kier molecular flexibility index (Phi) is 4.81. The molecule has 0 saturated carbocycles.